The largest absolute Gasteiger partial charge is 0.493 e. The van der Waals surface area contributed by atoms with Crippen LogP contribution in [0.15, 0.2) is 36.4 Å². The number of carbonyl (C=O) groups is 1. The number of rotatable bonds is 10. The molecule has 0 bridgehead atoms. The maximum absolute atomic E-state index is 14.2. The van der Waals surface area contributed by atoms with E-state index in [0.717, 1.165) is 23.4 Å². The van der Waals surface area contributed by atoms with Crippen molar-refractivity contribution in [1.29, 1.82) is 0 Å². The molecule has 0 radical (unpaired) electrons. The van der Waals surface area contributed by atoms with Gasteiger partial charge >= 0.3 is 0 Å². The summed E-state index contributed by atoms with van der Waals surface area (Å²) < 4.78 is 51.1. The standard InChI is InChI=1S/C21H27FN2O5S/c1-5-6-11-23-21(25)16-12-19(28-2)20(29-3)13-18(16)24(30(4,26)27)14-15-9-7-8-10-17(15)22/h7-10,12-13H,5-6,11,14H2,1-4H3,(H,23,25). The Kier molecular flexibility index (Phi) is 8.05. The molecule has 2 aromatic carbocycles. The summed E-state index contributed by atoms with van der Waals surface area (Å²) in [6.07, 6.45) is 2.67. The monoisotopic (exact) mass is 438 g/mol. The Bertz CT molecular complexity index is 995. The minimum Gasteiger partial charge on any atom is -0.493 e. The van der Waals surface area contributed by atoms with Crippen molar-refractivity contribution >= 4 is 21.6 Å². The molecule has 0 aliphatic heterocycles. The van der Waals surface area contributed by atoms with Crippen LogP contribution in [0.3, 0.4) is 0 Å². The average Bonchev–Trinajstić information content (AvgIpc) is 2.71. The second kappa shape index (κ2) is 10.3. The summed E-state index contributed by atoms with van der Waals surface area (Å²) in [6.45, 7) is 2.15. The predicted octanol–water partition coefficient (Wildman–Crippen LogP) is 3.34. The van der Waals surface area contributed by atoms with Gasteiger partial charge in [0.1, 0.15) is 5.82 Å². The number of nitrogens with one attached hydrogen (secondary N) is 1. The zero-order valence-electron chi connectivity index (χ0n) is 17.6. The number of amides is 1. The Hall–Kier alpha value is -2.81. The van der Waals surface area contributed by atoms with Crippen LogP contribution in [0.25, 0.3) is 0 Å². The molecule has 164 valence electrons. The Morgan fingerprint density at radius 3 is 2.33 bits per heavy atom. The molecule has 0 atom stereocenters. The van der Waals surface area contributed by atoms with Gasteiger partial charge in [-0.25, -0.2) is 12.8 Å². The summed E-state index contributed by atoms with van der Waals surface area (Å²) in [4.78, 5) is 12.9. The van der Waals surface area contributed by atoms with E-state index in [1.807, 2.05) is 6.92 Å². The molecule has 9 heteroatoms. The van der Waals surface area contributed by atoms with Gasteiger partial charge in [-0.3, -0.25) is 9.10 Å². The molecule has 0 saturated carbocycles. The molecule has 0 saturated heterocycles. The van der Waals surface area contributed by atoms with Crippen LogP contribution >= 0.6 is 0 Å². The number of unbranched alkanes of at least 4 members (excludes halogenated alkanes) is 1. The van der Waals surface area contributed by atoms with Crippen molar-refractivity contribution in [2.45, 2.75) is 26.3 Å². The fraction of sp³-hybridized carbons (Fsp3) is 0.381. The first-order valence-corrected chi connectivity index (χ1v) is 11.3. The van der Waals surface area contributed by atoms with Crippen LogP contribution in [0.1, 0.15) is 35.7 Å². The highest BCUT2D eigenvalue weighted by Crippen LogP contribution is 2.37. The van der Waals surface area contributed by atoms with E-state index in [1.54, 1.807) is 6.07 Å². The van der Waals surface area contributed by atoms with Crippen LogP contribution in [0, 0.1) is 5.82 Å². The number of ether oxygens (including phenoxy) is 2. The molecular weight excluding hydrogens is 411 g/mol. The zero-order chi connectivity index (χ0) is 22.3. The van der Waals surface area contributed by atoms with Gasteiger partial charge in [-0.15, -0.1) is 0 Å². The van der Waals surface area contributed by atoms with Crippen molar-refractivity contribution in [3.8, 4) is 11.5 Å². The highest BCUT2D eigenvalue weighted by molar-refractivity contribution is 7.92. The molecule has 0 aromatic heterocycles. The Morgan fingerprint density at radius 1 is 1.13 bits per heavy atom. The number of sulfonamides is 1. The molecule has 30 heavy (non-hydrogen) atoms. The lowest BCUT2D eigenvalue weighted by atomic mass is 10.1. The first-order chi connectivity index (χ1) is 14.2. The van der Waals surface area contributed by atoms with E-state index in [9.17, 15) is 17.6 Å². The highest BCUT2D eigenvalue weighted by atomic mass is 32.2. The molecule has 0 heterocycles. The molecule has 1 N–H and O–H groups in total. The maximum atomic E-state index is 14.2. The van der Waals surface area contributed by atoms with Crippen LogP contribution in [-0.2, 0) is 16.6 Å². The fourth-order valence-corrected chi connectivity index (χ4v) is 3.77. The van der Waals surface area contributed by atoms with E-state index < -0.39 is 21.7 Å². The van der Waals surface area contributed by atoms with Gasteiger partial charge in [0.05, 0.1) is 38.3 Å². The Morgan fingerprint density at radius 2 is 1.77 bits per heavy atom. The molecule has 2 aromatic rings. The third-order valence-corrected chi connectivity index (χ3v) is 5.63. The molecular formula is C21H27FN2O5S. The van der Waals surface area contributed by atoms with Crippen molar-refractivity contribution in [2.75, 3.05) is 31.3 Å². The second-order valence-corrected chi connectivity index (χ2v) is 8.60. The summed E-state index contributed by atoms with van der Waals surface area (Å²) in [6, 6.07) is 8.72. The number of methoxy groups -OCH3 is 2. The van der Waals surface area contributed by atoms with Crippen molar-refractivity contribution in [3.05, 3.63) is 53.3 Å². The number of nitrogens with zero attached hydrogens (tertiary/aromatic N) is 1. The Balaban J connectivity index is 2.62. The van der Waals surface area contributed by atoms with E-state index in [2.05, 4.69) is 5.32 Å². The minimum atomic E-state index is -3.87. The SMILES string of the molecule is CCCCNC(=O)c1cc(OC)c(OC)cc1N(Cc1ccccc1F)S(C)(=O)=O. The van der Waals surface area contributed by atoms with Crippen molar-refractivity contribution in [1.82, 2.24) is 5.32 Å². The van der Waals surface area contributed by atoms with Gasteiger partial charge in [0.2, 0.25) is 10.0 Å². The Labute approximate surface area is 176 Å². The molecule has 0 aliphatic carbocycles. The third kappa shape index (κ3) is 5.63. The number of hydrogen-bond acceptors (Lipinski definition) is 5. The highest BCUT2D eigenvalue weighted by Gasteiger charge is 2.27. The fourth-order valence-electron chi connectivity index (χ4n) is 2.89. The first kappa shape index (κ1) is 23.5. The van der Waals surface area contributed by atoms with Gasteiger partial charge in [0.25, 0.3) is 5.91 Å². The third-order valence-electron chi connectivity index (χ3n) is 4.50. The molecule has 7 nitrogen and oxygen atoms in total. The van der Waals surface area contributed by atoms with Gasteiger partial charge in [-0.2, -0.15) is 0 Å². The van der Waals surface area contributed by atoms with Crippen LogP contribution in [0.2, 0.25) is 0 Å². The number of carbonyl (C=O) groups excluding carboxylic acids is 1. The van der Waals surface area contributed by atoms with Gasteiger partial charge in [0, 0.05) is 18.2 Å². The summed E-state index contributed by atoms with van der Waals surface area (Å²) in [5, 5.41) is 2.78. The van der Waals surface area contributed by atoms with Crippen molar-refractivity contribution < 1.29 is 27.1 Å². The summed E-state index contributed by atoms with van der Waals surface area (Å²) in [7, 11) is -1.04. The zero-order valence-corrected chi connectivity index (χ0v) is 18.4. The number of halogens is 1. The summed E-state index contributed by atoms with van der Waals surface area (Å²) in [5.41, 5.74) is 0.341. The van der Waals surface area contributed by atoms with Gasteiger partial charge < -0.3 is 14.8 Å². The quantitative estimate of drug-likeness (QED) is 0.575. The average molecular weight is 439 g/mol. The molecule has 0 spiro atoms. The van der Waals surface area contributed by atoms with E-state index in [0.29, 0.717) is 6.54 Å². The van der Waals surface area contributed by atoms with Gasteiger partial charge in [-0.1, -0.05) is 31.5 Å². The predicted molar refractivity (Wildman–Crippen MR) is 114 cm³/mol. The van der Waals surface area contributed by atoms with Crippen LogP contribution < -0.4 is 19.1 Å². The smallest absolute Gasteiger partial charge is 0.253 e. The second-order valence-electron chi connectivity index (χ2n) is 6.69. The summed E-state index contributed by atoms with van der Waals surface area (Å²) >= 11 is 0. The van der Waals surface area contributed by atoms with Crippen molar-refractivity contribution in [2.24, 2.45) is 0 Å². The van der Waals surface area contributed by atoms with Gasteiger partial charge in [-0.05, 0) is 18.6 Å². The molecule has 0 unspecified atom stereocenters. The lowest BCUT2D eigenvalue weighted by Crippen LogP contribution is -2.33. The lowest BCUT2D eigenvalue weighted by molar-refractivity contribution is 0.0953. The number of hydrogen-bond donors (Lipinski definition) is 1. The van der Waals surface area contributed by atoms with E-state index in [1.165, 1.54) is 44.6 Å². The van der Waals surface area contributed by atoms with Crippen LogP contribution in [-0.4, -0.2) is 41.3 Å². The number of benzene rings is 2. The van der Waals surface area contributed by atoms with Crippen LogP contribution in [0.5, 0.6) is 11.5 Å². The lowest BCUT2D eigenvalue weighted by Gasteiger charge is -2.26. The maximum Gasteiger partial charge on any atom is 0.253 e. The first-order valence-electron chi connectivity index (χ1n) is 9.48. The molecule has 0 aliphatic rings. The topological polar surface area (TPSA) is 84.9 Å². The minimum absolute atomic E-state index is 0.0763. The van der Waals surface area contributed by atoms with E-state index >= 15 is 0 Å². The molecule has 2 rings (SSSR count). The van der Waals surface area contributed by atoms with E-state index in [4.69, 9.17) is 9.47 Å². The number of anilines is 1. The van der Waals surface area contributed by atoms with E-state index in [-0.39, 0.29) is 34.9 Å². The molecule has 1 amide bonds. The van der Waals surface area contributed by atoms with Crippen molar-refractivity contribution in [3.63, 3.8) is 0 Å². The summed E-state index contributed by atoms with van der Waals surface area (Å²) in [5.74, 6) is -0.469. The van der Waals surface area contributed by atoms with Gasteiger partial charge in [0.15, 0.2) is 11.5 Å². The molecule has 0 fully saturated rings. The normalized spacial score (nSPS) is 11.1. The van der Waals surface area contributed by atoms with Crippen LogP contribution in [0.4, 0.5) is 10.1 Å².